The second-order valence-electron chi connectivity index (χ2n) is 4.67. The van der Waals surface area contributed by atoms with Crippen molar-refractivity contribution >= 4 is 31.9 Å². The summed E-state index contributed by atoms with van der Waals surface area (Å²) in [7, 11) is 0. The Morgan fingerprint density at radius 2 is 1.39 bits per heavy atom. The summed E-state index contributed by atoms with van der Waals surface area (Å²) in [5.74, 6) is 1.93. The molecule has 0 saturated carbocycles. The third-order valence-corrected chi connectivity index (χ3v) is 3.80. The molecule has 1 N–H and O–H groups in total. The Bertz CT molecular complexity index is 723. The van der Waals surface area contributed by atoms with Crippen LogP contribution in [-0.4, -0.2) is 10.1 Å². The number of pyridine rings is 1. The molecule has 1 heterocycles. The number of ether oxygens (including phenoxy) is 1. The SMILES string of the molecule is Cc1cc(Oc2ccc(Br)cc2)ccn1.Oc1ccc(Br)cc1. The number of nitrogens with zero attached hydrogens (tertiary/aromatic N) is 1. The minimum atomic E-state index is 0.299. The van der Waals surface area contributed by atoms with Crippen LogP contribution >= 0.6 is 31.9 Å². The maximum atomic E-state index is 8.74. The lowest BCUT2D eigenvalue weighted by atomic mass is 10.3. The molecule has 0 spiro atoms. The van der Waals surface area contributed by atoms with Gasteiger partial charge in [0.25, 0.3) is 0 Å². The molecule has 0 atom stereocenters. The van der Waals surface area contributed by atoms with E-state index in [1.165, 1.54) is 0 Å². The van der Waals surface area contributed by atoms with Crippen LogP contribution in [0.1, 0.15) is 5.69 Å². The topological polar surface area (TPSA) is 42.4 Å². The third kappa shape index (κ3) is 6.42. The number of aromatic nitrogens is 1. The van der Waals surface area contributed by atoms with Gasteiger partial charge in [0.15, 0.2) is 0 Å². The van der Waals surface area contributed by atoms with E-state index in [0.29, 0.717) is 5.75 Å². The predicted octanol–water partition coefficient (Wildman–Crippen LogP) is 6.10. The van der Waals surface area contributed by atoms with Crippen molar-refractivity contribution in [2.45, 2.75) is 6.92 Å². The number of halogens is 2. The maximum Gasteiger partial charge on any atom is 0.130 e. The first-order valence-corrected chi connectivity index (χ1v) is 8.42. The van der Waals surface area contributed by atoms with Crippen LogP contribution in [0.25, 0.3) is 0 Å². The number of aryl methyl sites for hydroxylation is 1. The average molecular weight is 437 g/mol. The molecule has 0 radical (unpaired) electrons. The van der Waals surface area contributed by atoms with Crippen LogP contribution in [0.3, 0.4) is 0 Å². The molecule has 0 aliphatic heterocycles. The summed E-state index contributed by atoms with van der Waals surface area (Å²) in [6, 6.07) is 18.3. The van der Waals surface area contributed by atoms with E-state index in [9.17, 15) is 0 Å². The minimum absolute atomic E-state index is 0.299. The molecule has 1 aromatic heterocycles. The summed E-state index contributed by atoms with van der Waals surface area (Å²) in [4.78, 5) is 4.11. The molecule has 0 aliphatic carbocycles. The Balaban J connectivity index is 0.000000203. The maximum absolute atomic E-state index is 8.74. The van der Waals surface area contributed by atoms with Crippen LogP contribution in [0.5, 0.6) is 17.2 Å². The standard InChI is InChI=1S/C12H10BrNO.C6H5BrO/c1-9-8-12(6-7-14-9)15-11-4-2-10(13)3-5-11;7-5-1-3-6(8)4-2-5/h2-8H,1H3;1-4,8H. The molecule has 23 heavy (non-hydrogen) atoms. The molecule has 5 heteroatoms. The van der Waals surface area contributed by atoms with Gasteiger partial charge in [-0.1, -0.05) is 31.9 Å². The highest BCUT2D eigenvalue weighted by Gasteiger charge is 1.97. The molecule has 0 saturated heterocycles. The number of benzene rings is 2. The van der Waals surface area contributed by atoms with Gasteiger partial charge in [0.2, 0.25) is 0 Å². The lowest BCUT2D eigenvalue weighted by Gasteiger charge is -2.05. The lowest BCUT2D eigenvalue weighted by Crippen LogP contribution is -1.86. The Morgan fingerprint density at radius 3 is 1.91 bits per heavy atom. The van der Waals surface area contributed by atoms with Crippen molar-refractivity contribution in [1.82, 2.24) is 4.98 Å². The zero-order valence-electron chi connectivity index (χ0n) is 12.4. The van der Waals surface area contributed by atoms with Gasteiger partial charge in [-0.15, -0.1) is 0 Å². The molecule has 118 valence electrons. The van der Waals surface area contributed by atoms with Gasteiger partial charge in [0, 0.05) is 26.9 Å². The zero-order chi connectivity index (χ0) is 16.7. The molecule has 0 unspecified atom stereocenters. The van der Waals surface area contributed by atoms with Gasteiger partial charge in [0.05, 0.1) is 0 Å². The Kier molecular flexibility index (Phi) is 6.62. The van der Waals surface area contributed by atoms with Gasteiger partial charge >= 0.3 is 0 Å². The van der Waals surface area contributed by atoms with Gasteiger partial charge in [-0.3, -0.25) is 4.98 Å². The van der Waals surface area contributed by atoms with Crippen LogP contribution in [0.15, 0.2) is 75.8 Å². The highest BCUT2D eigenvalue weighted by Crippen LogP contribution is 2.23. The van der Waals surface area contributed by atoms with Crippen molar-refractivity contribution in [1.29, 1.82) is 0 Å². The van der Waals surface area contributed by atoms with E-state index in [2.05, 4.69) is 36.8 Å². The number of phenolic OH excluding ortho intramolecular Hbond substituents is 1. The normalized spacial score (nSPS) is 9.70. The number of phenols is 1. The van der Waals surface area contributed by atoms with Crippen molar-refractivity contribution < 1.29 is 9.84 Å². The van der Waals surface area contributed by atoms with Crippen molar-refractivity contribution in [2.24, 2.45) is 0 Å². The van der Waals surface area contributed by atoms with Gasteiger partial charge in [-0.25, -0.2) is 0 Å². The first kappa shape index (κ1) is 17.5. The van der Waals surface area contributed by atoms with E-state index in [0.717, 1.165) is 26.1 Å². The Morgan fingerprint density at radius 1 is 0.826 bits per heavy atom. The second-order valence-corrected chi connectivity index (χ2v) is 6.50. The summed E-state index contributed by atoms with van der Waals surface area (Å²) in [5.41, 5.74) is 0.949. The molecule has 3 rings (SSSR count). The van der Waals surface area contributed by atoms with E-state index >= 15 is 0 Å². The summed E-state index contributed by atoms with van der Waals surface area (Å²) in [6.45, 7) is 1.94. The fourth-order valence-corrected chi connectivity index (χ4v) is 2.19. The second kappa shape index (κ2) is 8.70. The van der Waals surface area contributed by atoms with E-state index in [1.54, 1.807) is 30.5 Å². The molecule has 0 fully saturated rings. The monoisotopic (exact) mass is 435 g/mol. The van der Waals surface area contributed by atoms with Gasteiger partial charge in [0.1, 0.15) is 17.2 Å². The van der Waals surface area contributed by atoms with Crippen LogP contribution in [0.4, 0.5) is 0 Å². The molecule has 3 aromatic rings. The summed E-state index contributed by atoms with van der Waals surface area (Å²) >= 11 is 6.61. The van der Waals surface area contributed by atoms with E-state index in [-0.39, 0.29) is 0 Å². The van der Waals surface area contributed by atoms with E-state index in [1.807, 2.05) is 43.3 Å². The molecule has 2 aromatic carbocycles. The first-order chi connectivity index (χ1) is 11.0. The Labute approximate surface area is 152 Å². The van der Waals surface area contributed by atoms with Crippen LogP contribution in [0, 0.1) is 6.92 Å². The van der Waals surface area contributed by atoms with E-state index < -0.39 is 0 Å². The fourth-order valence-electron chi connectivity index (χ4n) is 1.66. The molecule has 3 nitrogen and oxygen atoms in total. The van der Waals surface area contributed by atoms with Crippen molar-refractivity contribution in [2.75, 3.05) is 0 Å². The summed E-state index contributed by atoms with van der Waals surface area (Å²) in [5, 5.41) is 8.74. The molecule has 0 bridgehead atoms. The first-order valence-electron chi connectivity index (χ1n) is 6.83. The van der Waals surface area contributed by atoms with Gasteiger partial charge in [-0.05, 0) is 61.5 Å². The highest BCUT2D eigenvalue weighted by molar-refractivity contribution is 9.10. The number of hydrogen-bond donors (Lipinski definition) is 1. The number of aromatic hydroxyl groups is 1. The van der Waals surface area contributed by atoms with E-state index in [4.69, 9.17) is 9.84 Å². The van der Waals surface area contributed by atoms with Crippen LogP contribution in [0.2, 0.25) is 0 Å². The Hall–Kier alpha value is -1.85. The summed E-state index contributed by atoms with van der Waals surface area (Å²) in [6.07, 6.45) is 1.74. The van der Waals surface area contributed by atoms with Crippen molar-refractivity contribution in [3.05, 3.63) is 81.5 Å². The molecular formula is C18H15Br2NO2. The highest BCUT2D eigenvalue weighted by atomic mass is 79.9. The third-order valence-electron chi connectivity index (χ3n) is 2.74. The summed E-state index contributed by atoms with van der Waals surface area (Å²) < 4.78 is 7.68. The molecule has 0 aliphatic rings. The van der Waals surface area contributed by atoms with Crippen molar-refractivity contribution in [3.8, 4) is 17.2 Å². The quantitative estimate of drug-likeness (QED) is 0.527. The molecule has 0 amide bonds. The van der Waals surface area contributed by atoms with Crippen LogP contribution < -0.4 is 4.74 Å². The number of rotatable bonds is 2. The smallest absolute Gasteiger partial charge is 0.130 e. The number of hydrogen-bond acceptors (Lipinski definition) is 3. The predicted molar refractivity (Wildman–Crippen MR) is 99.0 cm³/mol. The zero-order valence-corrected chi connectivity index (χ0v) is 15.6. The lowest BCUT2D eigenvalue weighted by molar-refractivity contribution is 0.475. The van der Waals surface area contributed by atoms with Gasteiger partial charge in [-0.2, -0.15) is 0 Å². The van der Waals surface area contributed by atoms with Crippen molar-refractivity contribution in [3.63, 3.8) is 0 Å². The van der Waals surface area contributed by atoms with Gasteiger partial charge < -0.3 is 9.84 Å². The minimum Gasteiger partial charge on any atom is -0.508 e. The largest absolute Gasteiger partial charge is 0.508 e. The van der Waals surface area contributed by atoms with Crippen LogP contribution in [-0.2, 0) is 0 Å². The molecular weight excluding hydrogens is 422 g/mol. The average Bonchev–Trinajstić information content (AvgIpc) is 2.53. The fraction of sp³-hybridized carbons (Fsp3) is 0.0556.